The van der Waals surface area contributed by atoms with Gasteiger partial charge in [-0.25, -0.2) is 9.13 Å². The van der Waals surface area contributed by atoms with Gasteiger partial charge in [0.15, 0.2) is 6.10 Å². The number of rotatable bonds is 59. The lowest BCUT2D eigenvalue weighted by molar-refractivity contribution is -0.161. The van der Waals surface area contributed by atoms with Gasteiger partial charge in [0.2, 0.25) is 0 Å². The molecule has 0 aliphatic heterocycles. The lowest BCUT2D eigenvalue weighted by Gasteiger charge is -2.21. The molecule has 0 saturated carbocycles. The molecule has 0 aromatic heterocycles. The molecule has 0 spiro atoms. The second-order valence-electron chi connectivity index (χ2n) is 20.8. The number of phosphoric acid groups is 2. The number of hydrogen-bond acceptors (Lipinski definition) is 14. The number of hydrogen-bond donors (Lipinski definition) is 4. The zero-order valence-corrected chi connectivity index (χ0v) is 52.2. The quantitative estimate of drug-likeness (QED) is 0.0146. The van der Waals surface area contributed by atoms with Crippen molar-refractivity contribution in [3.05, 3.63) is 72.9 Å². The molecule has 470 valence electrons. The Morgan fingerprint density at radius 3 is 1.05 bits per heavy atom. The summed E-state index contributed by atoms with van der Waals surface area (Å²) in [6.07, 6.45) is 56.8. The molecule has 18 heteroatoms. The molecule has 0 aliphatic carbocycles. The Morgan fingerprint density at radius 2 is 0.654 bits per heavy atom. The maximum atomic E-state index is 12.8. The molecule has 0 amide bonds. The fourth-order valence-corrected chi connectivity index (χ4v) is 9.66. The minimum atomic E-state index is -4.92. The highest BCUT2D eigenvalue weighted by molar-refractivity contribution is 7.47. The van der Waals surface area contributed by atoms with Gasteiger partial charge in [0.25, 0.3) is 0 Å². The van der Waals surface area contributed by atoms with Gasteiger partial charge in [-0.2, -0.15) is 0 Å². The Bertz CT molecular complexity index is 1780. The van der Waals surface area contributed by atoms with Crippen LogP contribution in [0.3, 0.4) is 0 Å². The van der Waals surface area contributed by atoms with Crippen molar-refractivity contribution >= 4 is 33.6 Å². The summed E-state index contributed by atoms with van der Waals surface area (Å²) in [5, 5.41) is 20.5. The second-order valence-corrected chi connectivity index (χ2v) is 23.7. The van der Waals surface area contributed by atoms with E-state index in [2.05, 4.69) is 93.7 Å². The number of aliphatic hydroxyl groups excluding tert-OH is 2. The topological polar surface area (TPSA) is 231 Å². The molecule has 0 radical (unpaired) electrons. The summed E-state index contributed by atoms with van der Waals surface area (Å²) in [5.41, 5.74) is 0. The van der Waals surface area contributed by atoms with Gasteiger partial charge >= 0.3 is 33.6 Å². The van der Waals surface area contributed by atoms with Gasteiger partial charge in [0, 0.05) is 19.3 Å². The third-order valence-corrected chi connectivity index (χ3v) is 14.8. The summed E-state index contributed by atoms with van der Waals surface area (Å²) < 4.78 is 60.6. The summed E-state index contributed by atoms with van der Waals surface area (Å²) in [7, 11) is -9.76. The molecule has 0 aliphatic rings. The Hall–Kier alpha value is -3.01. The van der Waals surface area contributed by atoms with Crippen molar-refractivity contribution in [1.82, 2.24) is 0 Å². The molecule has 16 nitrogen and oxygen atoms in total. The zero-order chi connectivity index (χ0) is 59.6. The lowest BCUT2D eigenvalue weighted by Crippen LogP contribution is -2.30. The molecular formula is C63H112O16P2. The van der Waals surface area contributed by atoms with Crippen molar-refractivity contribution < 1.29 is 75.8 Å². The van der Waals surface area contributed by atoms with E-state index >= 15 is 0 Å². The van der Waals surface area contributed by atoms with Gasteiger partial charge in [-0.15, -0.1) is 0 Å². The number of esters is 3. The van der Waals surface area contributed by atoms with Crippen LogP contribution in [0.15, 0.2) is 72.9 Å². The SMILES string of the molecule is CC/C=C\C/C=C\C/C=C\C/C=C\CCCCCCCCC(=O)OCC(O)COP(=O)(O)OCC(O)COP(=O)(O)OCC(COC(=O)CCCCCCC/C=C\CCCCCC)OC(=O)CCCCCCC/C=C\CCCCCC. The molecule has 0 rings (SSSR count). The van der Waals surface area contributed by atoms with E-state index in [0.717, 1.165) is 141 Å². The molecule has 0 saturated heterocycles. The number of carbonyl (C=O) groups excluding carboxylic acids is 3. The van der Waals surface area contributed by atoms with E-state index in [1.165, 1.54) is 51.4 Å². The normalized spacial score (nSPS) is 14.9. The van der Waals surface area contributed by atoms with Crippen LogP contribution in [0.5, 0.6) is 0 Å². The number of unbranched alkanes of at least 4 members (excludes halogenated alkanes) is 24. The van der Waals surface area contributed by atoms with Gasteiger partial charge in [-0.05, 0) is 109 Å². The third-order valence-electron chi connectivity index (χ3n) is 12.9. The minimum Gasteiger partial charge on any atom is -0.463 e. The van der Waals surface area contributed by atoms with Crippen LogP contribution < -0.4 is 0 Å². The maximum absolute atomic E-state index is 12.8. The van der Waals surface area contributed by atoms with E-state index in [9.17, 15) is 43.5 Å². The fraction of sp³-hybridized carbons (Fsp3) is 0.762. The lowest BCUT2D eigenvalue weighted by atomic mass is 10.1. The van der Waals surface area contributed by atoms with E-state index in [1.807, 2.05) is 0 Å². The minimum absolute atomic E-state index is 0.0943. The summed E-state index contributed by atoms with van der Waals surface area (Å²) in [6.45, 7) is 2.48. The van der Waals surface area contributed by atoms with Gasteiger partial charge in [0.05, 0.1) is 26.4 Å². The van der Waals surface area contributed by atoms with Gasteiger partial charge in [-0.3, -0.25) is 32.5 Å². The van der Waals surface area contributed by atoms with E-state index in [1.54, 1.807) is 0 Å². The number of aliphatic hydroxyl groups is 2. The molecule has 81 heavy (non-hydrogen) atoms. The molecular weight excluding hydrogens is 1070 g/mol. The first-order valence-corrected chi connectivity index (χ1v) is 34.2. The van der Waals surface area contributed by atoms with Crippen LogP contribution in [-0.2, 0) is 55.8 Å². The Morgan fingerprint density at radius 1 is 0.358 bits per heavy atom. The van der Waals surface area contributed by atoms with Crippen LogP contribution in [0.1, 0.15) is 252 Å². The van der Waals surface area contributed by atoms with E-state index in [0.29, 0.717) is 19.3 Å². The fourth-order valence-electron chi connectivity index (χ4n) is 8.08. The monoisotopic (exact) mass is 1190 g/mol. The zero-order valence-electron chi connectivity index (χ0n) is 50.4. The molecule has 0 fully saturated rings. The Labute approximate surface area is 490 Å². The molecule has 0 bridgehead atoms. The number of ether oxygens (including phenoxy) is 3. The predicted molar refractivity (Wildman–Crippen MR) is 325 cm³/mol. The van der Waals surface area contributed by atoms with Crippen LogP contribution in [0.25, 0.3) is 0 Å². The van der Waals surface area contributed by atoms with E-state index in [-0.39, 0.29) is 19.3 Å². The molecule has 4 N–H and O–H groups in total. The third kappa shape index (κ3) is 58.6. The van der Waals surface area contributed by atoms with Crippen molar-refractivity contribution in [2.75, 3.05) is 39.6 Å². The number of phosphoric ester groups is 2. The first kappa shape index (κ1) is 78.0. The van der Waals surface area contributed by atoms with Crippen molar-refractivity contribution in [1.29, 1.82) is 0 Å². The van der Waals surface area contributed by atoms with Crippen LogP contribution in [0.2, 0.25) is 0 Å². The van der Waals surface area contributed by atoms with Gasteiger partial charge in [0.1, 0.15) is 25.4 Å². The van der Waals surface area contributed by atoms with E-state index < -0.39 is 91.5 Å². The average molecular weight is 1190 g/mol. The van der Waals surface area contributed by atoms with Crippen molar-refractivity contribution in [2.24, 2.45) is 0 Å². The molecule has 0 aromatic rings. The van der Waals surface area contributed by atoms with E-state index in [4.69, 9.17) is 32.3 Å². The number of carbonyl (C=O) groups is 3. The summed E-state index contributed by atoms with van der Waals surface area (Å²) in [6, 6.07) is 0. The average Bonchev–Trinajstić information content (AvgIpc) is 3.45. The van der Waals surface area contributed by atoms with Crippen molar-refractivity contribution in [3.8, 4) is 0 Å². The van der Waals surface area contributed by atoms with Crippen LogP contribution in [-0.4, -0.2) is 95.9 Å². The first-order valence-electron chi connectivity index (χ1n) is 31.2. The summed E-state index contributed by atoms with van der Waals surface area (Å²) in [4.78, 5) is 58.1. The largest absolute Gasteiger partial charge is 0.472 e. The van der Waals surface area contributed by atoms with Crippen molar-refractivity contribution in [3.63, 3.8) is 0 Å². The van der Waals surface area contributed by atoms with Crippen LogP contribution in [0, 0.1) is 0 Å². The highest BCUT2D eigenvalue weighted by atomic mass is 31.2. The highest BCUT2D eigenvalue weighted by Crippen LogP contribution is 2.45. The molecule has 0 heterocycles. The maximum Gasteiger partial charge on any atom is 0.472 e. The summed E-state index contributed by atoms with van der Waals surface area (Å²) >= 11 is 0. The standard InChI is InChI=1S/C63H112O16P2/c1-4-7-10-13-16-19-22-25-26-27-28-29-30-33-35-37-40-43-46-49-61(66)73-52-58(64)53-75-80(69,70)76-54-59(65)55-77-81(71,72)78-57-60(79-63(68)51-48-45-42-39-36-32-24-21-18-15-12-9-6-3)56-74-62(67)50-47-44-41-38-34-31-23-20-17-14-11-8-5-2/h7,10,16,19-21,23-26,28-29,58-60,64-65H,4-6,8-9,11-15,17-18,22,27,30-57H2,1-3H3,(H,69,70)(H,71,72)/b10-7-,19-16-,23-20-,24-21-,26-25-,29-28-. The van der Waals surface area contributed by atoms with Gasteiger partial charge < -0.3 is 34.2 Å². The Balaban J connectivity index is 4.63. The second kappa shape index (κ2) is 57.4. The smallest absolute Gasteiger partial charge is 0.463 e. The molecule has 0 aromatic carbocycles. The van der Waals surface area contributed by atoms with Crippen LogP contribution in [0.4, 0.5) is 0 Å². The number of allylic oxidation sites excluding steroid dienone is 12. The predicted octanol–water partition coefficient (Wildman–Crippen LogP) is 16.4. The van der Waals surface area contributed by atoms with Gasteiger partial charge in [-0.1, -0.05) is 196 Å². The molecule has 5 unspecified atom stereocenters. The summed E-state index contributed by atoms with van der Waals surface area (Å²) in [5.74, 6) is -1.60. The first-order chi connectivity index (χ1) is 39.2. The van der Waals surface area contributed by atoms with Crippen LogP contribution >= 0.6 is 15.6 Å². The Kier molecular flexibility index (Phi) is 55.3. The van der Waals surface area contributed by atoms with Crippen molar-refractivity contribution in [2.45, 2.75) is 270 Å². The highest BCUT2D eigenvalue weighted by Gasteiger charge is 2.29. The molecule has 5 atom stereocenters.